The van der Waals surface area contributed by atoms with E-state index in [0.29, 0.717) is 11.1 Å². The number of imide groups is 1. The van der Waals surface area contributed by atoms with Crippen LogP contribution in [-0.2, 0) is 13.9 Å². The number of alkyl carbamates (subject to hydrolysis) is 2. The van der Waals surface area contributed by atoms with E-state index >= 15 is 0 Å². The summed E-state index contributed by atoms with van der Waals surface area (Å²) in [4.78, 5) is 54.2. The molecular weight excluding hydrogens is 663 g/mol. The Morgan fingerprint density at radius 3 is 1.59 bits per heavy atom. The van der Waals surface area contributed by atoms with Crippen molar-refractivity contribution in [2.45, 2.75) is 91.0 Å². The molecule has 2 atom stereocenters. The van der Waals surface area contributed by atoms with E-state index in [1.54, 1.807) is 65.8 Å². The average Bonchev–Trinajstić information content (AvgIpc) is 3.27. The topological polar surface area (TPSA) is 123 Å². The first-order chi connectivity index (χ1) is 23.8. The Kier molecular flexibility index (Phi) is 12.2. The highest BCUT2D eigenvalue weighted by Gasteiger charge is 2.50. The zero-order valence-corrected chi connectivity index (χ0v) is 32.4. The average molecular weight is 716 g/mol. The van der Waals surface area contributed by atoms with Crippen LogP contribution in [0, 0.1) is 5.92 Å². The molecule has 0 bridgehead atoms. The summed E-state index contributed by atoms with van der Waals surface area (Å²) in [5, 5.41) is 7.70. The van der Waals surface area contributed by atoms with Crippen molar-refractivity contribution in [1.29, 1.82) is 0 Å². The number of benzene rings is 3. The molecule has 0 fully saturated rings. The second-order valence-electron chi connectivity index (χ2n) is 16.1. The zero-order chi connectivity index (χ0) is 37.6. The van der Waals surface area contributed by atoms with Gasteiger partial charge in [0.2, 0.25) is 0 Å². The Morgan fingerprint density at radius 2 is 1.14 bits per heavy atom. The van der Waals surface area contributed by atoms with Crippen molar-refractivity contribution < 1.29 is 33.1 Å². The fourth-order valence-electron chi connectivity index (χ4n) is 6.44. The fraction of sp³-hybridized carbons (Fsp3) is 0.450. The predicted octanol–water partition coefficient (Wildman–Crippen LogP) is 6.28. The summed E-state index contributed by atoms with van der Waals surface area (Å²) < 4.78 is 18.4. The normalized spacial score (nSPS) is 14.8. The van der Waals surface area contributed by atoms with E-state index in [-0.39, 0.29) is 31.2 Å². The third-order valence-corrected chi connectivity index (χ3v) is 13.5. The number of amides is 4. The first-order valence-electron chi connectivity index (χ1n) is 17.5. The van der Waals surface area contributed by atoms with Gasteiger partial charge in [0.25, 0.3) is 20.1 Å². The van der Waals surface area contributed by atoms with E-state index in [9.17, 15) is 19.2 Å². The van der Waals surface area contributed by atoms with Gasteiger partial charge >= 0.3 is 12.2 Å². The first-order valence-corrected chi connectivity index (χ1v) is 19.4. The molecule has 4 rings (SSSR count). The number of nitrogens with one attached hydrogen (secondary N) is 2. The molecule has 1 aliphatic rings. The Morgan fingerprint density at radius 1 is 0.686 bits per heavy atom. The molecule has 1 aliphatic heterocycles. The lowest BCUT2D eigenvalue weighted by atomic mass is 10.00. The number of carbonyl (C=O) groups excluding carboxylic acids is 4. The van der Waals surface area contributed by atoms with Crippen LogP contribution in [0.2, 0.25) is 5.04 Å². The summed E-state index contributed by atoms with van der Waals surface area (Å²) in [7, 11) is -3.00. The molecule has 1 heterocycles. The van der Waals surface area contributed by atoms with Crippen LogP contribution >= 0.6 is 0 Å². The Balaban J connectivity index is 1.71. The number of hydrogen-bond acceptors (Lipinski definition) is 7. The van der Waals surface area contributed by atoms with Gasteiger partial charge in [0, 0.05) is 25.6 Å². The molecule has 3 aromatic rings. The maximum atomic E-state index is 13.4. The van der Waals surface area contributed by atoms with Crippen molar-refractivity contribution in [1.82, 2.24) is 15.5 Å². The summed E-state index contributed by atoms with van der Waals surface area (Å²) in [6.07, 6.45) is -1.04. The Hall–Kier alpha value is -4.48. The first kappa shape index (κ1) is 39.3. The van der Waals surface area contributed by atoms with E-state index in [1.807, 2.05) is 36.4 Å². The molecule has 274 valence electrons. The maximum absolute atomic E-state index is 13.4. The van der Waals surface area contributed by atoms with E-state index in [0.717, 1.165) is 15.3 Å². The third-order valence-electron chi connectivity index (χ3n) is 8.51. The van der Waals surface area contributed by atoms with Crippen LogP contribution in [0.1, 0.15) is 89.5 Å². The smallest absolute Gasteiger partial charge is 0.407 e. The maximum Gasteiger partial charge on any atom is 0.407 e. The van der Waals surface area contributed by atoms with Gasteiger partial charge in [-0.15, -0.1) is 0 Å². The van der Waals surface area contributed by atoms with Crippen molar-refractivity contribution in [2.75, 3.05) is 19.7 Å². The van der Waals surface area contributed by atoms with Crippen LogP contribution in [0.5, 0.6) is 0 Å². The second kappa shape index (κ2) is 15.8. The highest BCUT2D eigenvalue weighted by molar-refractivity contribution is 6.99. The van der Waals surface area contributed by atoms with E-state index < -0.39 is 55.5 Å². The van der Waals surface area contributed by atoms with Crippen molar-refractivity contribution in [2.24, 2.45) is 5.92 Å². The lowest BCUT2D eigenvalue weighted by molar-refractivity contribution is 0.0440. The largest absolute Gasteiger partial charge is 0.444 e. The molecule has 4 amide bonds. The molecule has 2 unspecified atom stereocenters. The molecule has 0 aliphatic carbocycles. The van der Waals surface area contributed by atoms with Crippen molar-refractivity contribution in [3.05, 3.63) is 96.1 Å². The number of rotatable bonds is 12. The van der Waals surface area contributed by atoms with Gasteiger partial charge in [-0.25, -0.2) is 9.59 Å². The molecule has 0 saturated carbocycles. The molecule has 0 radical (unpaired) electrons. The van der Waals surface area contributed by atoms with Crippen LogP contribution < -0.4 is 21.0 Å². The van der Waals surface area contributed by atoms with Gasteiger partial charge in [0.1, 0.15) is 11.2 Å². The lowest BCUT2D eigenvalue weighted by Crippen LogP contribution is -2.67. The summed E-state index contributed by atoms with van der Waals surface area (Å²) in [5.74, 6) is -1.26. The SMILES string of the molecule is CC(C)(C)OC(=O)NCC(CO[Si](c1ccccc1)(c1ccccc1)C(C)(C)C)CC(CN1C(=O)c2ccccc2C1=O)NC(=O)OC(C)(C)C. The minimum absolute atomic E-state index is 0.103. The summed E-state index contributed by atoms with van der Waals surface area (Å²) in [5.41, 5.74) is -0.862. The molecule has 0 aromatic heterocycles. The van der Waals surface area contributed by atoms with Gasteiger partial charge in [-0.2, -0.15) is 0 Å². The quantitative estimate of drug-likeness (QED) is 0.167. The van der Waals surface area contributed by atoms with E-state index in [1.165, 1.54) is 0 Å². The van der Waals surface area contributed by atoms with Crippen LogP contribution in [0.3, 0.4) is 0 Å². The fourth-order valence-corrected chi connectivity index (χ4v) is 11.1. The van der Waals surface area contributed by atoms with Crippen LogP contribution in [0.15, 0.2) is 84.9 Å². The highest BCUT2D eigenvalue weighted by atomic mass is 28.4. The molecular formula is C40H53N3O7Si. The van der Waals surface area contributed by atoms with E-state index in [4.69, 9.17) is 13.9 Å². The van der Waals surface area contributed by atoms with Crippen molar-refractivity contribution >= 4 is 42.7 Å². The minimum Gasteiger partial charge on any atom is -0.444 e. The number of fused-ring (bicyclic) bond motifs is 1. The summed E-state index contributed by atoms with van der Waals surface area (Å²) in [6, 6.07) is 26.4. The molecule has 11 heteroatoms. The number of hydrogen-bond donors (Lipinski definition) is 2. The second-order valence-corrected chi connectivity index (χ2v) is 20.4. The van der Waals surface area contributed by atoms with Gasteiger partial charge < -0.3 is 24.5 Å². The van der Waals surface area contributed by atoms with Gasteiger partial charge in [0.15, 0.2) is 0 Å². The molecule has 51 heavy (non-hydrogen) atoms. The van der Waals surface area contributed by atoms with Crippen LogP contribution in [0.4, 0.5) is 9.59 Å². The zero-order valence-electron chi connectivity index (χ0n) is 31.4. The van der Waals surface area contributed by atoms with Crippen molar-refractivity contribution in [3.8, 4) is 0 Å². The van der Waals surface area contributed by atoms with Crippen LogP contribution in [0.25, 0.3) is 0 Å². The summed E-state index contributed by atoms with van der Waals surface area (Å²) >= 11 is 0. The third kappa shape index (κ3) is 10.1. The predicted molar refractivity (Wildman–Crippen MR) is 201 cm³/mol. The number of nitrogens with zero attached hydrogens (tertiary/aromatic N) is 1. The number of carbonyl (C=O) groups is 4. The van der Waals surface area contributed by atoms with Gasteiger partial charge in [-0.3, -0.25) is 14.5 Å². The Labute approximate surface area is 303 Å². The monoisotopic (exact) mass is 715 g/mol. The van der Waals surface area contributed by atoms with Gasteiger partial charge in [-0.05, 0) is 75.5 Å². The standard InChI is InChI=1S/C40H53N3O7Si/c1-38(2,3)49-36(46)41-25-28(27-48-51(40(7,8)9,30-18-12-10-13-19-30)31-20-14-11-15-21-31)24-29(42-37(47)50-39(4,5)6)26-43-34(44)32-22-16-17-23-33(32)35(43)45/h10-23,28-29H,24-27H2,1-9H3,(H,41,46)(H,42,47). The van der Waals surface area contributed by atoms with E-state index in [2.05, 4.69) is 55.7 Å². The minimum atomic E-state index is -3.00. The van der Waals surface area contributed by atoms with Gasteiger partial charge in [0.05, 0.1) is 17.2 Å². The van der Waals surface area contributed by atoms with Crippen LogP contribution in [-0.4, -0.2) is 74.2 Å². The van der Waals surface area contributed by atoms with Gasteiger partial charge in [-0.1, -0.05) is 93.6 Å². The molecule has 3 aromatic carbocycles. The molecule has 2 N–H and O–H groups in total. The lowest BCUT2D eigenvalue weighted by Gasteiger charge is -2.44. The van der Waals surface area contributed by atoms with Crippen molar-refractivity contribution in [3.63, 3.8) is 0 Å². The summed E-state index contributed by atoms with van der Waals surface area (Å²) in [6.45, 7) is 17.4. The molecule has 10 nitrogen and oxygen atoms in total. The molecule has 0 spiro atoms. The Bertz CT molecular complexity index is 1600. The number of ether oxygens (including phenoxy) is 2. The highest BCUT2D eigenvalue weighted by Crippen LogP contribution is 2.37. The molecule has 0 saturated heterocycles.